The highest BCUT2D eigenvalue weighted by molar-refractivity contribution is 5.97. The Hall–Kier alpha value is -2.49. The first-order valence-corrected chi connectivity index (χ1v) is 17.7. The van der Waals surface area contributed by atoms with Crippen LogP contribution in [0.15, 0.2) is 0 Å². The number of hydrogen-bond acceptors (Lipinski definition) is 9. The van der Waals surface area contributed by atoms with Crippen LogP contribution >= 0.6 is 0 Å². The van der Waals surface area contributed by atoms with Crippen LogP contribution < -0.4 is 0 Å². The summed E-state index contributed by atoms with van der Waals surface area (Å²) in [6, 6.07) is 0. The van der Waals surface area contributed by atoms with Crippen molar-refractivity contribution < 1.29 is 48.4 Å². The van der Waals surface area contributed by atoms with Gasteiger partial charge in [-0.3, -0.25) is 24.0 Å². The maximum absolute atomic E-state index is 13.9. The summed E-state index contributed by atoms with van der Waals surface area (Å²) in [6.07, 6.45) is 5.22. The average Bonchev–Trinajstić information content (AvgIpc) is 3.82. The average molecular weight is 643 g/mol. The Balaban J connectivity index is 1.26. The summed E-state index contributed by atoms with van der Waals surface area (Å²) in [6.45, 7) is 9.37. The third-order valence-electron chi connectivity index (χ3n) is 14.2. The first kappa shape index (κ1) is 32.1. The molecule has 10 heteroatoms. The van der Waals surface area contributed by atoms with Gasteiger partial charge in [-0.1, -0.05) is 13.8 Å². The van der Waals surface area contributed by atoms with E-state index in [4.69, 9.17) is 14.2 Å². The fraction of sp³-hybridized carbons (Fsp3) is 0.861. The smallest absolute Gasteiger partial charge is 0.317 e. The van der Waals surface area contributed by atoms with E-state index in [2.05, 4.69) is 13.8 Å². The number of rotatable bonds is 8. The number of esters is 4. The molecule has 6 bridgehead atoms. The van der Waals surface area contributed by atoms with Crippen molar-refractivity contribution in [3.8, 4) is 0 Å². The molecule has 7 rings (SSSR count). The molecule has 0 spiro atoms. The zero-order valence-corrected chi connectivity index (χ0v) is 27.6. The van der Waals surface area contributed by atoms with Crippen LogP contribution in [0.5, 0.6) is 0 Å². The van der Waals surface area contributed by atoms with E-state index in [9.17, 15) is 34.2 Å². The molecule has 0 aromatic carbocycles. The van der Waals surface area contributed by atoms with Gasteiger partial charge in [0.15, 0.2) is 0 Å². The summed E-state index contributed by atoms with van der Waals surface area (Å²) in [5.41, 5.74) is -0.662. The van der Waals surface area contributed by atoms with Crippen LogP contribution in [0.3, 0.4) is 0 Å². The quantitative estimate of drug-likeness (QED) is 0.226. The summed E-state index contributed by atoms with van der Waals surface area (Å²) >= 11 is 0. The summed E-state index contributed by atoms with van der Waals surface area (Å²) in [5.74, 6) is -5.76. The molecule has 7 fully saturated rings. The van der Waals surface area contributed by atoms with Gasteiger partial charge in [0, 0.05) is 0 Å². The number of hydrogen-bond donors (Lipinski definition) is 2. The van der Waals surface area contributed by atoms with E-state index in [1.807, 2.05) is 20.8 Å². The number of carboxylic acid groups (broad SMARTS) is 1. The Morgan fingerprint density at radius 1 is 0.761 bits per heavy atom. The molecule has 254 valence electrons. The standard InChI is InChI=1S/C36H50O10/c1-14-16-6-7-17(10-16)23(14)29-30(35(43)45-34(29)42)26-20-11-18(12-21(20)32(40)46-36(3,4)5)25(26)24-15(2)19-13-22(24)27(31(38)39)28(19)33(41)44-9-8-37/h14-30,37H,6-13H2,1-5H3,(H,38,39). The predicted molar refractivity (Wildman–Crippen MR) is 161 cm³/mol. The molecule has 46 heavy (non-hydrogen) atoms. The van der Waals surface area contributed by atoms with Crippen LogP contribution in [0.25, 0.3) is 0 Å². The molecular formula is C36H50O10. The largest absolute Gasteiger partial charge is 0.481 e. The number of ether oxygens (including phenoxy) is 3. The van der Waals surface area contributed by atoms with E-state index >= 15 is 0 Å². The maximum Gasteiger partial charge on any atom is 0.317 e. The highest BCUT2D eigenvalue weighted by Gasteiger charge is 2.71. The number of carbonyl (C=O) groups excluding carboxylic acids is 4. The van der Waals surface area contributed by atoms with Crippen LogP contribution in [0.1, 0.15) is 73.1 Å². The van der Waals surface area contributed by atoms with Gasteiger partial charge in [-0.25, -0.2) is 0 Å². The van der Waals surface area contributed by atoms with Gasteiger partial charge in [-0.2, -0.15) is 0 Å². The van der Waals surface area contributed by atoms with Crippen LogP contribution in [0.2, 0.25) is 0 Å². The molecule has 1 saturated heterocycles. The maximum atomic E-state index is 13.9. The number of aliphatic carboxylic acids is 1. The zero-order chi connectivity index (χ0) is 33.0. The molecule has 0 radical (unpaired) electrons. The van der Waals surface area contributed by atoms with Crippen LogP contribution in [0.4, 0.5) is 0 Å². The van der Waals surface area contributed by atoms with E-state index < -0.39 is 59.1 Å². The fourth-order valence-corrected chi connectivity index (χ4v) is 13.0. The van der Waals surface area contributed by atoms with Crippen LogP contribution in [0, 0.1) is 101 Å². The molecule has 0 amide bonds. The van der Waals surface area contributed by atoms with Gasteiger partial charge in [0.05, 0.1) is 36.2 Å². The van der Waals surface area contributed by atoms with Crippen molar-refractivity contribution in [3.05, 3.63) is 0 Å². The van der Waals surface area contributed by atoms with E-state index in [0.29, 0.717) is 30.6 Å². The SMILES string of the molecule is CC1C2CCC(C2)C1C1C(=O)OC(=O)C1C1C2CC(CC2C(=O)OC(C)(C)C)C1C1C(C)C2CC1C(C(=O)O)C2C(=O)OCCO. The minimum Gasteiger partial charge on any atom is -0.481 e. The first-order valence-electron chi connectivity index (χ1n) is 17.7. The molecular weight excluding hydrogens is 592 g/mol. The van der Waals surface area contributed by atoms with Gasteiger partial charge in [-0.15, -0.1) is 0 Å². The molecule has 0 aromatic rings. The molecule has 2 N–H and O–H groups in total. The Morgan fingerprint density at radius 3 is 2.04 bits per heavy atom. The normalized spacial score (nSPS) is 48.7. The van der Waals surface area contributed by atoms with Crippen molar-refractivity contribution in [1.82, 2.24) is 0 Å². The summed E-state index contributed by atoms with van der Waals surface area (Å²) in [4.78, 5) is 67.2. The number of aliphatic hydroxyl groups excluding tert-OH is 1. The highest BCUT2D eigenvalue weighted by Crippen LogP contribution is 2.70. The molecule has 17 atom stereocenters. The number of aliphatic hydroxyl groups is 1. The van der Waals surface area contributed by atoms with Crippen molar-refractivity contribution in [2.45, 2.75) is 78.7 Å². The van der Waals surface area contributed by atoms with Crippen molar-refractivity contribution >= 4 is 29.8 Å². The third-order valence-corrected chi connectivity index (χ3v) is 14.2. The molecule has 1 heterocycles. The summed E-state index contributed by atoms with van der Waals surface area (Å²) < 4.78 is 16.7. The Bertz CT molecular complexity index is 1300. The van der Waals surface area contributed by atoms with E-state index in [0.717, 1.165) is 25.7 Å². The second-order valence-electron chi connectivity index (χ2n) is 17.0. The number of cyclic esters (lactones) is 2. The predicted octanol–water partition coefficient (Wildman–Crippen LogP) is 3.97. The minimum absolute atomic E-state index is 0.00732. The van der Waals surface area contributed by atoms with Crippen molar-refractivity contribution in [2.75, 3.05) is 13.2 Å². The Kier molecular flexibility index (Phi) is 7.88. The molecule has 10 nitrogen and oxygen atoms in total. The molecule has 0 aromatic heterocycles. The van der Waals surface area contributed by atoms with Crippen molar-refractivity contribution in [1.29, 1.82) is 0 Å². The zero-order valence-electron chi connectivity index (χ0n) is 27.6. The van der Waals surface area contributed by atoms with Crippen LogP contribution in [-0.4, -0.2) is 58.9 Å². The van der Waals surface area contributed by atoms with Gasteiger partial charge in [0.25, 0.3) is 0 Å². The molecule has 1 aliphatic heterocycles. The van der Waals surface area contributed by atoms with Crippen molar-refractivity contribution in [3.63, 3.8) is 0 Å². The lowest BCUT2D eigenvalue weighted by atomic mass is 9.54. The highest BCUT2D eigenvalue weighted by atomic mass is 16.6. The topological polar surface area (TPSA) is 154 Å². The lowest BCUT2D eigenvalue weighted by Crippen LogP contribution is -2.51. The van der Waals surface area contributed by atoms with E-state index in [1.54, 1.807) is 0 Å². The fourth-order valence-electron chi connectivity index (χ4n) is 13.0. The third kappa shape index (κ3) is 4.77. The first-order chi connectivity index (χ1) is 21.7. The lowest BCUT2D eigenvalue weighted by Gasteiger charge is -2.48. The lowest BCUT2D eigenvalue weighted by molar-refractivity contribution is -0.169. The van der Waals surface area contributed by atoms with Gasteiger partial charge < -0.3 is 24.4 Å². The van der Waals surface area contributed by atoms with E-state index in [-0.39, 0.29) is 72.4 Å². The monoisotopic (exact) mass is 642 g/mol. The summed E-state index contributed by atoms with van der Waals surface area (Å²) in [7, 11) is 0. The molecule has 6 aliphatic carbocycles. The van der Waals surface area contributed by atoms with Gasteiger partial charge >= 0.3 is 29.8 Å². The second kappa shape index (κ2) is 11.3. The molecule has 6 saturated carbocycles. The second-order valence-corrected chi connectivity index (χ2v) is 17.0. The van der Waals surface area contributed by atoms with Crippen LogP contribution in [-0.2, 0) is 38.2 Å². The van der Waals surface area contributed by atoms with E-state index in [1.165, 1.54) is 0 Å². The van der Waals surface area contributed by atoms with Gasteiger partial charge in [0.2, 0.25) is 0 Å². The van der Waals surface area contributed by atoms with Gasteiger partial charge in [-0.05, 0) is 130 Å². The number of carbonyl (C=O) groups is 5. The Labute approximate surface area is 270 Å². The number of carboxylic acids is 1. The molecule has 17 unspecified atom stereocenters. The Morgan fingerprint density at radius 2 is 1.43 bits per heavy atom. The van der Waals surface area contributed by atoms with Crippen molar-refractivity contribution in [2.24, 2.45) is 101 Å². The molecule has 7 aliphatic rings. The number of fused-ring (bicyclic) bond motifs is 6. The summed E-state index contributed by atoms with van der Waals surface area (Å²) in [5, 5.41) is 19.7. The minimum atomic E-state index is -1.02. The van der Waals surface area contributed by atoms with Gasteiger partial charge in [0.1, 0.15) is 12.2 Å².